The summed E-state index contributed by atoms with van der Waals surface area (Å²) in [4.78, 5) is 12.1. The van der Waals surface area contributed by atoms with Crippen molar-refractivity contribution in [3.63, 3.8) is 0 Å². The zero-order valence-electron chi connectivity index (χ0n) is 9.49. The largest absolute Gasteiger partial charge is 0.398 e. The number of rotatable bonds is 3. The van der Waals surface area contributed by atoms with Gasteiger partial charge in [0.2, 0.25) is 0 Å². The fourth-order valence-corrected chi connectivity index (χ4v) is 2.06. The van der Waals surface area contributed by atoms with Crippen LogP contribution in [0.2, 0.25) is 0 Å². The lowest BCUT2D eigenvalue weighted by Gasteiger charge is -2.05. The third-order valence-electron chi connectivity index (χ3n) is 2.57. The molecule has 4 heteroatoms. The van der Waals surface area contributed by atoms with E-state index >= 15 is 0 Å². The van der Waals surface area contributed by atoms with Crippen LogP contribution in [-0.2, 0) is 6.42 Å². The van der Waals surface area contributed by atoms with E-state index in [1.54, 1.807) is 30.3 Å². The van der Waals surface area contributed by atoms with E-state index in [1.165, 1.54) is 12.1 Å². The van der Waals surface area contributed by atoms with Gasteiger partial charge < -0.3 is 5.73 Å². The first-order valence-corrected chi connectivity index (χ1v) is 6.18. The molecule has 92 valence electrons. The molecule has 0 amide bonds. The Morgan fingerprint density at radius 1 is 1.22 bits per heavy atom. The van der Waals surface area contributed by atoms with E-state index in [1.807, 2.05) is 0 Å². The lowest BCUT2D eigenvalue weighted by molar-refractivity contribution is 0.0993. The van der Waals surface area contributed by atoms with Crippen LogP contribution in [-0.4, -0.2) is 5.78 Å². The Labute approximate surface area is 113 Å². The van der Waals surface area contributed by atoms with E-state index in [4.69, 9.17) is 5.73 Å². The number of hydrogen-bond donors (Lipinski definition) is 1. The molecule has 2 nitrogen and oxygen atoms in total. The summed E-state index contributed by atoms with van der Waals surface area (Å²) in [5, 5.41) is 0. The molecule has 0 atom stereocenters. The Hall–Kier alpha value is -1.68. The van der Waals surface area contributed by atoms with Crippen molar-refractivity contribution in [2.45, 2.75) is 6.42 Å². The Balaban J connectivity index is 2.24. The molecule has 0 aliphatic rings. The lowest BCUT2D eigenvalue weighted by atomic mass is 10.0. The van der Waals surface area contributed by atoms with Crippen LogP contribution >= 0.6 is 15.9 Å². The maximum absolute atomic E-state index is 13.0. The number of hydrogen-bond acceptors (Lipinski definition) is 2. The molecule has 0 saturated carbocycles. The smallest absolute Gasteiger partial charge is 0.169 e. The number of anilines is 1. The second-order valence-electron chi connectivity index (χ2n) is 3.96. The molecule has 0 bridgehead atoms. The van der Waals surface area contributed by atoms with Gasteiger partial charge in [0.25, 0.3) is 0 Å². The summed E-state index contributed by atoms with van der Waals surface area (Å²) in [7, 11) is 0. The first-order valence-electron chi connectivity index (χ1n) is 5.39. The minimum atomic E-state index is -0.345. The number of nitrogen functional groups attached to an aromatic ring is 1. The van der Waals surface area contributed by atoms with Crippen molar-refractivity contribution < 1.29 is 9.18 Å². The predicted octanol–water partition coefficient (Wildman–Crippen LogP) is 3.60. The third kappa shape index (κ3) is 2.96. The fourth-order valence-electron chi connectivity index (χ4n) is 1.70. The summed E-state index contributed by atoms with van der Waals surface area (Å²) >= 11 is 3.29. The molecule has 0 aliphatic carbocycles. The summed E-state index contributed by atoms with van der Waals surface area (Å²) in [6, 6.07) is 11.1. The predicted molar refractivity (Wildman–Crippen MR) is 73.0 cm³/mol. The van der Waals surface area contributed by atoms with Gasteiger partial charge in [0.1, 0.15) is 5.82 Å². The van der Waals surface area contributed by atoms with Crippen LogP contribution in [0.25, 0.3) is 0 Å². The molecule has 2 aromatic carbocycles. The Morgan fingerprint density at radius 2 is 2.00 bits per heavy atom. The number of carbonyl (C=O) groups is 1. The summed E-state index contributed by atoms with van der Waals surface area (Å²) in [6.45, 7) is 0. The highest BCUT2D eigenvalue weighted by molar-refractivity contribution is 9.10. The normalized spacial score (nSPS) is 10.3. The van der Waals surface area contributed by atoms with E-state index in [0.29, 0.717) is 16.8 Å². The van der Waals surface area contributed by atoms with Crippen LogP contribution in [0.1, 0.15) is 15.9 Å². The summed E-state index contributed by atoms with van der Waals surface area (Å²) < 4.78 is 13.8. The zero-order valence-corrected chi connectivity index (χ0v) is 11.1. The zero-order chi connectivity index (χ0) is 13.1. The molecule has 18 heavy (non-hydrogen) atoms. The topological polar surface area (TPSA) is 43.1 Å². The Bertz CT molecular complexity index is 598. The SMILES string of the molecule is Nc1ccc(Br)cc1C(=O)Cc1cccc(F)c1. The van der Waals surface area contributed by atoms with E-state index in [0.717, 1.165) is 4.47 Å². The number of halogens is 2. The molecule has 2 N–H and O–H groups in total. The average molecular weight is 308 g/mol. The first-order chi connectivity index (χ1) is 8.56. The Morgan fingerprint density at radius 3 is 2.72 bits per heavy atom. The molecule has 0 saturated heterocycles. The van der Waals surface area contributed by atoms with Crippen LogP contribution in [0, 0.1) is 5.82 Å². The van der Waals surface area contributed by atoms with Crippen molar-refractivity contribution in [1.82, 2.24) is 0 Å². The molecule has 0 spiro atoms. The van der Waals surface area contributed by atoms with Crippen LogP contribution in [0.15, 0.2) is 46.9 Å². The van der Waals surface area contributed by atoms with Crippen LogP contribution in [0.3, 0.4) is 0 Å². The summed E-state index contributed by atoms with van der Waals surface area (Å²) in [5.41, 5.74) is 7.28. The van der Waals surface area contributed by atoms with Gasteiger partial charge in [0.05, 0.1) is 0 Å². The number of nitrogens with two attached hydrogens (primary N) is 1. The van der Waals surface area contributed by atoms with Crippen molar-refractivity contribution in [3.8, 4) is 0 Å². The summed E-state index contributed by atoms with van der Waals surface area (Å²) in [5.74, 6) is -0.470. The highest BCUT2D eigenvalue weighted by Gasteiger charge is 2.11. The van der Waals surface area contributed by atoms with Crippen molar-refractivity contribution in [3.05, 3.63) is 63.9 Å². The molecular formula is C14H11BrFNO. The van der Waals surface area contributed by atoms with Crippen molar-refractivity contribution >= 4 is 27.4 Å². The second-order valence-corrected chi connectivity index (χ2v) is 4.88. The van der Waals surface area contributed by atoms with Crippen LogP contribution in [0.4, 0.5) is 10.1 Å². The van der Waals surface area contributed by atoms with Gasteiger partial charge >= 0.3 is 0 Å². The molecule has 0 unspecified atom stereocenters. The van der Waals surface area contributed by atoms with Gasteiger partial charge in [-0.3, -0.25) is 4.79 Å². The molecule has 0 aromatic heterocycles. The molecule has 2 rings (SSSR count). The fraction of sp³-hybridized carbons (Fsp3) is 0.0714. The van der Waals surface area contributed by atoms with Gasteiger partial charge in [-0.25, -0.2) is 4.39 Å². The van der Waals surface area contributed by atoms with Crippen molar-refractivity contribution in [2.24, 2.45) is 0 Å². The molecule has 0 aliphatic heterocycles. The van der Waals surface area contributed by atoms with E-state index in [9.17, 15) is 9.18 Å². The van der Waals surface area contributed by atoms with Crippen LogP contribution in [0.5, 0.6) is 0 Å². The van der Waals surface area contributed by atoms with Gasteiger partial charge in [0.15, 0.2) is 5.78 Å². The van der Waals surface area contributed by atoms with Gasteiger partial charge in [-0.1, -0.05) is 28.1 Å². The quantitative estimate of drug-likeness (QED) is 0.695. The molecule has 0 fully saturated rings. The van der Waals surface area contributed by atoms with E-state index < -0.39 is 0 Å². The summed E-state index contributed by atoms with van der Waals surface area (Å²) in [6.07, 6.45) is 0.137. The number of ketones is 1. The van der Waals surface area contributed by atoms with Crippen molar-refractivity contribution in [1.29, 1.82) is 0 Å². The molecule has 0 radical (unpaired) electrons. The van der Waals surface area contributed by atoms with Gasteiger partial charge in [0, 0.05) is 22.1 Å². The molecular weight excluding hydrogens is 297 g/mol. The standard InChI is InChI=1S/C14H11BrFNO/c15-10-4-5-13(17)12(8-10)14(18)7-9-2-1-3-11(16)6-9/h1-6,8H,7,17H2. The average Bonchev–Trinajstić information content (AvgIpc) is 2.32. The number of benzene rings is 2. The molecule has 0 heterocycles. The maximum atomic E-state index is 13.0. The van der Waals surface area contributed by atoms with Gasteiger partial charge in [-0.15, -0.1) is 0 Å². The second kappa shape index (κ2) is 5.31. The third-order valence-corrected chi connectivity index (χ3v) is 3.06. The monoisotopic (exact) mass is 307 g/mol. The highest BCUT2D eigenvalue weighted by Crippen LogP contribution is 2.20. The highest BCUT2D eigenvalue weighted by atomic mass is 79.9. The minimum absolute atomic E-state index is 0.126. The lowest BCUT2D eigenvalue weighted by Crippen LogP contribution is -2.07. The van der Waals surface area contributed by atoms with Gasteiger partial charge in [-0.05, 0) is 35.9 Å². The van der Waals surface area contributed by atoms with Crippen molar-refractivity contribution in [2.75, 3.05) is 5.73 Å². The first kappa shape index (κ1) is 12.8. The van der Waals surface area contributed by atoms with E-state index in [2.05, 4.69) is 15.9 Å². The Kier molecular flexibility index (Phi) is 3.77. The maximum Gasteiger partial charge on any atom is 0.169 e. The van der Waals surface area contributed by atoms with Crippen LogP contribution < -0.4 is 5.73 Å². The van der Waals surface area contributed by atoms with Gasteiger partial charge in [-0.2, -0.15) is 0 Å². The molecule has 2 aromatic rings. The number of Topliss-reactive ketones (excluding diaryl/α,β-unsaturated/α-hetero) is 1. The minimum Gasteiger partial charge on any atom is -0.398 e. The van der Waals surface area contributed by atoms with E-state index in [-0.39, 0.29) is 18.0 Å². The number of carbonyl (C=O) groups excluding carboxylic acids is 1.